The van der Waals surface area contributed by atoms with Gasteiger partial charge in [-0.15, -0.1) is 0 Å². The van der Waals surface area contributed by atoms with E-state index in [4.69, 9.17) is 14.2 Å². The first kappa shape index (κ1) is 20.5. The third-order valence-electron chi connectivity index (χ3n) is 4.44. The van der Waals surface area contributed by atoms with Gasteiger partial charge in [-0.3, -0.25) is 0 Å². The molecule has 0 saturated carbocycles. The maximum absolute atomic E-state index is 12.7. The topological polar surface area (TPSA) is 44.8 Å². The van der Waals surface area contributed by atoms with Gasteiger partial charge >= 0.3 is 5.97 Å². The standard InChI is InChI=1S/C25H26O4/c1-18(2)24(29-23-15-8-7-10-19(23)3)25(26)27-17-20-11-9-14-22(16-20)28-21-12-5-4-6-13-21/h4-16,18,24H,17H2,1-3H3. The van der Waals surface area contributed by atoms with E-state index in [0.717, 1.165) is 16.9 Å². The molecule has 29 heavy (non-hydrogen) atoms. The monoisotopic (exact) mass is 390 g/mol. The Morgan fingerprint density at radius 3 is 2.28 bits per heavy atom. The summed E-state index contributed by atoms with van der Waals surface area (Å²) >= 11 is 0. The van der Waals surface area contributed by atoms with E-state index in [1.165, 1.54) is 0 Å². The molecular weight excluding hydrogens is 364 g/mol. The summed E-state index contributed by atoms with van der Waals surface area (Å²) < 4.78 is 17.3. The van der Waals surface area contributed by atoms with Gasteiger partial charge in [-0.1, -0.05) is 62.4 Å². The van der Waals surface area contributed by atoms with Crippen molar-refractivity contribution in [3.63, 3.8) is 0 Å². The highest BCUT2D eigenvalue weighted by Crippen LogP contribution is 2.23. The Morgan fingerprint density at radius 2 is 1.55 bits per heavy atom. The molecule has 0 N–H and O–H groups in total. The van der Waals surface area contributed by atoms with Crippen molar-refractivity contribution in [3.05, 3.63) is 90.0 Å². The number of hydrogen-bond donors (Lipinski definition) is 0. The van der Waals surface area contributed by atoms with Crippen LogP contribution >= 0.6 is 0 Å². The van der Waals surface area contributed by atoms with Crippen LogP contribution in [0.2, 0.25) is 0 Å². The lowest BCUT2D eigenvalue weighted by Gasteiger charge is -2.22. The first-order chi connectivity index (χ1) is 14.0. The van der Waals surface area contributed by atoms with Crippen LogP contribution in [-0.4, -0.2) is 12.1 Å². The Hall–Kier alpha value is -3.27. The highest BCUT2D eigenvalue weighted by molar-refractivity contribution is 5.75. The van der Waals surface area contributed by atoms with E-state index >= 15 is 0 Å². The van der Waals surface area contributed by atoms with Crippen LogP contribution in [0.5, 0.6) is 17.2 Å². The van der Waals surface area contributed by atoms with E-state index in [1.54, 1.807) is 0 Å². The van der Waals surface area contributed by atoms with Crippen molar-refractivity contribution in [3.8, 4) is 17.2 Å². The smallest absolute Gasteiger partial charge is 0.347 e. The number of para-hydroxylation sites is 2. The van der Waals surface area contributed by atoms with Gasteiger partial charge in [-0.05, 0) is 48.4 Å². The Kier molecular flexibility index (Phi) is 6.90. The van der Waals surface area contributed by atoms with Crippen LogP contribution in [0.15, 0.2) is 78.9 Å². The SMILES string of the molecule is Cc1ccccc1OC(C(=O)OCc1cccc(Oc2ccccc2)c1)C(C)C. The average Bonchev–Trinajstić information content (AvgIpc) is 2.72. The number of rotatable bonds is 8. The number of esters is 1. The minimum Gasteiger partial charge on any atom is -0.478 e. The predicted molar refractivity (Wildman–Crippen MR) is 113 cm³/mol. The van der Waals surface area contributed by atoms with Crippen molar-refractivity contribution in [2.45, 2.75) is 33.5 Å². The molecule has 4 nitrogen and oxygen atoms in total. The van der Waals surface area contributed by atoms with E-state index < -0.39 is 6.10 Å². The zero-order valence-electron chi connectivity index (χ0n) is 17.0. The maximum Gasteiger partial charge on any atom is 0.347 e. The summed E-state index contributed by atoms with van der Waals surface area (Å²) in [4.78, 5) is 12.7. The fourth-order valence-electron chi connectivity index (χ4n) is 2.84. The van der Waals surface area contributed by atoms with Gasteiger partial charge in [0, 0.05) is 5.92 Å². The normalized spacial score (nSPS) is 11.7. The molecule has 4 heteroatoms. The molecule has 0 radical (unpaired) electrons. The molecular formula is C25H26O4. The average molecular weight is 390 g/mol. The second-order valence-corrected chi connectivity index (χ2v) is 7.22. The van der Waals surface area contributed by atoms with Crippen LogP contribution in [0.1, 0.15) is 25.0 Å². The molecule has 0 spiro atoms. The van der Waals surface area contributed by atoms with Gasteiger partial charge in [-0.2, -0.15) is 0 Å². The minimum absolute atomic E-state index is 0.0187. The van der Waals surface area contributed by atoms with E-state index in [9.17, 15) is 4.79 Å². The van der Waals surface area contributed by atoms with Crippen molar-refractivity contribution in [1.82, 2.24) is 0 Å². The first-order valence-corrected chi connectivity index (χ1v) is 9.73. The van der Waals surface area contributed by atoms with Crippen LogP contribution in [-0.2, 0) is 16.1 Å². The highest BCUT2D eigenvalue weighted by Gasteiger charge is 2.26. The van der Waals surface area contributed by atoms with E-state index in [-0.39, 0.29) is 18.5 Å². The number of aryl methyl sites for hydroxylation is 1. The van der Waals surface area contributed by atoms with Gasteiger partial charge in [0.2, 0.25) is 0 Å². The molecule has 1 atom stereocenters. The number of carbonyl (C=O) groups is 1. The minimum atomic E-state index is -0.667. The highest BCUT2D eigenvalue weighted by atomic mass is 16.6. The van der Waals surface area contributed by atoms with Crippen LogP contribution in [0.4, 0.5) is 0 Å². The van der Waals surface area contributed by atoms with Crippen LogP contribution in [0.3, 0.4) is 0 Å². The molecule has 3 aromatic carbocycles. The van der Waals surface area contributed by atoms with Crippen LogP contribution < -0.4 is 9.47 Å². The molecule has 0 bridgehead atoms. The van der Waals surface area contributed by atoms with Gasteiger partial charge in [0.1, 0.15) is 23.9 Å². The van der Waals surface area contributed by atoms with Crippen LogP contribution in [0, 0.1) is 12.8 Å². The fourth-order valence-corrected chi connectivity index (χ4v) is 2.84. The fraction of sp³-hybridized carbons (Fsp3) is 0.240. The molecule has 3 rings (SSSR count). The van der Waals surface area contributed by atoms with Gasteiger partial charge in [0.25, 0.3) is 0 Å². The molecule has 0 aliphatic carbocycles. The van der Waals surface area contributed by atoms with Gasteiger partial charge < -0.3 is 14.2 Å². The third-order valence-corrected chi connectivity index (χ3v) is 4.44. The Bertz CT molecular complexity index is 934. The predicted octanol–water partition coefficient (Wildman–Crippen LogP) is 5.93. The van der Waals surface area contributed by atoms with Crippen molar-refractivity contribution < 1.29 is 19.0 Å². The second-order valence-electron chi connectivity index (χ2n) is 7.22. The Balaban J connectivity index is 1.62. The van der Waals surface area contributed by atoms with Crippen molar-refractivity contribution in [1.29, 1.82) is 0 Å². The number of ether oxygens (including phenoxy) is 3. The summed E-state index contributed by atoms with van der Waals surface area (Å²) in [7, 11) is 0. The van der Waals surface area contributed by atoms with Crippen LogP contribution in [0.25, 0.3) is 0 Å². The maximum atomic E-state index is 12.7. The Morgan fingerprint density at radius 1 is 0.862 bits per heavy atom. The lowest BCUT2D eigenvalue weighted by molar-refractivity contribution is -0.155. The molecule has 1 unspecified atom stereocenters. The molecule has 0 aliphatic rings. The summed E-state index contributed by atoms with van der Waals surface area (Å²) in [6, 6.07) is 24.7. The molecule has 0 aliphatic heterocycles. The summed E-state index contributed by atoms with van der Waals surface area (Å²) in [6.45, 7) is 6.00. The first-order valence-electron chi connectivity index (χ1n) is 9.73. The summed E-state index contributed by atoms with van der Waals surface area (Å²) in [6.07, 6.45) is -0.667. The quantitative estimate of drug-likeness (QED) is 0.447. The lowest BCUT2D eigenvalue weighted by Crippen LogP contribution is -2.34. The van der Waals surface area contributed by atoms with E-state index in [0.29, 0.717) is 11.5 Å². The van der Waals surface area contributed by atoms with Gasteiger partial charge in [0.15, 0.2) is 6.10 Å². The molecule has 150 valence electrons. The Labute approximate surface area is 172 Å². The second kappa shape index (κ2) is 9.78. The van der Waals surface area contributed by atoms with E-state index in [1.807, 2.05) is 99.6 Å². The zero-order chi connectivity index (χ0) is 20.6. The van der Waals surface area contributed by atoms with E-state index in [2.05, 4.69) is 0 Å². The van der Waals surface area contributed by atoms with Crippen molar-refractivity contribution in [2.75, 3.05) is 0 Å². The number of hydrogen-bond acceptors (Lipinski definition) is 4. The summed E-state index contributed by atoms with van der Waals surface area (Å²) in [5.74, 6) is 1.75. The zero-order valence-corrected chi connectivity index (χ0v) is 17.0. The summed E-state index contributed by atoms with van der Waals surface area (Å²) in [5, 5.41) is 0. The lowest BCUT2D eigenvalue weighted by atomic mass is 10.1. The largest absolute Gasteiger partial charge is 0.478 e. The molecule has 0 amide bonds. The van der Waals surface area contributed by atoms with Gasteiger partial charge in [0.05, 0.1) is 0 Å². The third kappa shape index (κ3) is 5.85. The van der Waals surface area contributed by atoms with Crippen molar-refractivity contribution in [2.24, 2.45) is 5.92 Å². The molecule has 0 heterocycles. The molecule has 3 aromatic rings. The van der Waals surface area contributed by atoms with Gasteiger partial charge in [-0.25, -0.2) is 4.79 Å². The van der Waals surface area contributed by atoms with Crippen molar-refractivity contribution >= 4 is 5.97 Å². The number of carbonyl (C=O) groups excluding carboxylic acids is 1. The summed E-state index contributed by atoms with van der Waals surface area (Å²) in [5.41, 5.74) is 1.84. The number of benzene rings is 3. The molecule has 0 saturated heterocycles. The molecule has 0 aromatic heterocycles. The molecule has 0 fully saturated rings.